The number of nitrogens with zero attached hydrogens (tertiary/aromatic N) is 1. The van der Waals surface area contributed by atoms with Crippen LogP contribution in [-0.4, -0.2) is 5.91 Å². The molecule has 4 N–H and O–H groups in total. The fraction of sp³-hybridized carbons (Fsp3) is 0.0588. The largest absolute Gasteiger partial charge is 0.398 e. The maximum atomic E-state index is 12.2. The predicted molar refractivity (Wildman–Crippen MR) is 98.0 cm³/mol. The van der Waals surface area contributed by atoms with Gasteiger partial charge in [0.15, 0.2) is 0 Å². The van der Waals surface area contributed by atoms with Gasteiger partial charge in [0, 0.05) is 22.6 Å². The Bertz CT molecular complexity index is 856. The van der Waals surface area contributed by atoms with Crippen LogP contribution in [0, 0.1) is 18.3 Å². The van der Waals surface area contributed by atoms with E-state index in [9.17, 15) is 10.1 Å². The third kappa shape index (κ3) is 4.42. The van der Waals surface area contributed by atoms with Crippen LogP contribution in [0.4, 0.5) is 17.1 Å². The van der Waals surface area contributed by atoms with E-state index < -0.39 is 5.91 Å². The standard InChI is InChI=1S/C17H14Cl2N4O/c1-10-2-3-12(18)6-16(10)22-9-11(8-20)17(24)23-13-4-5-15(21)14(19)7-13/h2-7,9,22H,21H2,1H3,(H,23,24)/b11-9-. The number of halogens is 2. The summed E-state index contributed by atoms with van der Waals surface area (Å²) in [6.45, 7) is 1.88. The number of anilines is 3. The number of rotatable bonds is 4. The molecule has 7 heteroatoms. The maximum Gasteiger partial charge on any atom is 0.267 e. The molecule has 2 rings (SSSR count). The van der Waals surface area contributed by atoms with Crippen molar-refractivity contribution in [2.45, 2.75) is 6.92 Å². The number of carbonyl (C=O) groups is 1. The minimum Gasteiger partial charge on any atom is -0.398 e. The average molecular weight is 361 g/mol. The number of amides is 1. The molecule has 1 amide bonds. The zero-order valence-corrected chi connectivity index (χ0v) is 14.2. The van der Waals surface area contributed by atoms with Crippen molar-refractivity contribution in [3.8, 4) is 6.07 Å². The summed E-state index contributed by atoms with van der Waals surface area (Å²) in [5.41, 5.74) is 8.01. The van der Waals surface area contributed by atoms with Crippen molar-refractivity contribution in [2.75, 3.05) is 16.4 Å². The predicted octanol–water partition coefficient (Wildman–Crippen LogP) is 4.34. The molecular formula is C17H14Cl2N4O. The molecule has 0 spiro atoms. The number of hydrogen-bond acceptors (Lipinski definition) is 4. The van der Waals surface area contributed by atoms with Crippen LogP contribution in [0.15, 0.2) is 48.2 Å². The van der Waals surface area contributed by atoms with Crippen LogP contribution < -0.4 is 16.4 Å². The molecule has 2 aromatic carbocycles. The Morgan fingerprint density at radius 2 is 2.00 bits per heavy atom. The first kappa shape index (κ1) is 17.7. The fourth-order valence-corrected chi connectivity index (χ4v) is 2.20. The van der Waals surface area contributed by atoms with E-state index in [1.54, 1.807) is 24.3 Å². The Balaban J connectivity index is 2.15. The lowest BCUT2D eigenvalue weighted by atomic mass is 10.2. The molecule has 0 saturated heterocycles. The van der Waals surface area contributed by atoms with Gasteiger partial charge in [-0.15, -0.1) is 0 Å². The monoisotopic (exact) mass is 360 g/mol. The number of nitrogens with two attached hydrogens (primary N) is 1. The van der Waals surface area contributed by atoms with Gasteiger partial charge < -0.3 is 16.4 Å². The van der Waals surface area contributed by atoms with Crippen LogP contribution in [0.3, 0.4) is 0 Å². The third-order valence-corrected chi connectivity index (χ3v) is 3.76. The van der Waals surface area contributed by atoms with Gasteiger partial charge in [0.1, 0.15) is 11.6 Å². The van der Waals surface area contributed by atoms with Crippen molar-refractivity contribution in [3.63, 3.8) is 0 Å². The number of nitrogens with one attached hydrogen (secondary N) is 2. The second-order valence-corrected chi connectivity index (χ2v) is 5.81. The van der Waals surface area contributed by atoms with Gasteiger partial charge in [0.25, 0.3) is 5.91 Å². The Morgan fingerprint density at radius 1 is 1.25 bits per heavy atom. The number of nitriles is 1. The highest BCUT2D eigenvalue weighted by Gasteiger charge is 2.10. The highest BCUT2D eigenvalue weighted by atomic mass is 35.5. The lowest BCUT2D eigenvalue weighted by Gasteiger charge is -2.08. The zero-order chi connectivity index (χ0) is 17.7. The van der Waals surface area contributed by atoms with Crippen molar-refractivity contribution >= 4 is 46.2 Å². The first-order valence-corrected chi connectivity index (χ1v) is 7.65. The van der Waals surface area contributed by atoms with E-state index in [1.165, 1.54) is 12.3 Å². The Hall–Kier alpha value is -2.68. The highest BCUT2D eigenvalue weighted by Crippen LogP contribution is 2.23. The quantitative estimate of drug-likeness (QED) is 0.429. The first-order chi connectivity index (χ1) is 11.4. The molecular weight excluding hydrogens is 347 g/mol. The molecule has 0 bridgehead atoms. The molecule has 0 fully saturated rings. The molecule has 0 radical (unpaired) electrons. The summed E-state index contributed by atoms with van der Waals surface area (Å²) in [4.78, 5) is 12.2. The second kappa shape index (κ2) is 7.73. The van der Waals surface area contributed by atoms with E-state index in [2.05, 4.69) is 10.6 Å². The molecule has 0 saturated carbocycles. The van der Waals surface area contributed by atoms with Crippen molar-refractivity contribution in [3.05, 3.63) is 63.8 Å². The van der Waals surface area contributed by atoms with Crippen molar-refractivity contribution < 1.29 is 4.79 Å². The molecule has 24 heavy (non-hydrogen) atoms. The summed E-state index contributed by atoms with van der Waals surface area (Å²) in [6, 6.07) is 11.8. The van der Waals surface area contributed by atoms with Crippen LogP contribution >= 0.6 is 23.2 Å². The fourth-order valence-electron chi connectivity index (χ4n) is 1.85. The Morgan fingerprint density at radius 3 is 2.67 bits per heavy atom. The molecule has 2 aromatic rings. The molecule has 0 atom stereocenters. The van der Waals surface area contributed by atoms with E-state index in [4.69, 9.17) is 28.9 Å². The summed E-state index contributed by atoms with van der Waals surface area (Å²) < 4.78 is 0. The minimum atomic E-state index is -0.564. The summed E-state index contributed by atoms with van der Waals surface area (Å²) in [7, 11) is 0. The lowest BCUT2D eigenvalue weighted by Crippen LogP contribution is -2.14. The van der Waals surface area contributed by atoms with Crippen LogP contribution in [0.2, 0.25) is 10.0 Å². The van der Waals surface area contributed by atoms with Crippen LogP contribution in [-0.2, 0) is 4.79 Å². The zero-order valence-electron chi connectivity index (χ0n) is 12.7. The molecule has 122 valence electrons. The van der Waals surface area contributed by atoms with Gasteiger partial charge in [-0.1, -0.05) is 29.3 Å². The normalized spacial score (nSPS) is 10.8. The van der Waals surface area contributed by atoms with E-state index in [1.807, 2.05) is 19.1 Å². The van der Waals surface area contributed by atoms with E-state index >= 15 is 0 Å². The van der Waals surface area contributed by atoms with Gasteiger partial charge in [0.2, 0.25) is 0 Å². The number of nitrogen functional groups attached to an aromatic ring is 1. The summed E-state index contributed by atoms with van der Waals surface area (Å²) in [5.74, 6) is -0.564. The SMILES string of the molecule is Cc1ccc(Cl)cc1N/C=C(/C#N)C(=O)Nc1ccc(N)c(Cl)c1. The summed E-state index contributed by atoms with van der Waals surface area (Å²) in [5, 5.41) is 15.6. The minimum absolute atomic E-state index is 0.0951. The Labute approximate surface area is 149 Å². The van der Waals surface area contributed by atoms with Gasteiger partial charge in [-0.3, -0.25) is 4.79 Å². The molecule has 0 heterocycles. The van der Waals surface area contributed by atoms with Gasteiger partial charge in [-0.05, 0) is 42.8 Å². The van der Waals surface area contributed by atoms with E-state index in [-0.39, 0.29) is 5.57 Å². The molecule has 0 aliphatic rings. The summed E-state index contributed by atoms with van der Waals surface area (Å²) in [6.07, 6.45) is 1.33. The maximum absolute atomic E-state index is 12.2. The molecule has 0 unspecified atom stereocenters. The lowest BCUT2D eigenvalue weighted by molar-refractivity contribution is -0.112. The molecule has 0 aromatic heterocycles. The average Bonchev–Trinajstić information content (AvgIpc) is 2.54. The van der Waals surface area contributed by atoms with E-state index in [0.717, 1.165) is 5.56 Å². The van der Waals surface area contributed by atoms with Gasteiger partial charge >= 0.3 is 0 Å². The first-order valence-electron chi connectivity index (χ1n) is 6.90. The van der Waals surface area contributed by atoms with E-state index in [0.29, 0.717) is 27.1 Å². The number of benzene rings is 2. The molecule has 0 aliphatic carbocycles. The van der Waals surface area contributed by atoms with Crippen LogP contribution in [0.1, 0.15) is 5.56 Å². The van der Waals surface area contributed by atoms with Gasteiger partial charge in [-0.2, -0.15) is 5.26 Å². The summed E-state index contributed by atoms with van der Waals surface area (Å²) >= 11 is 11.8. The van der Waals surface area contributed by atoms with Crippen molar-refractivity contribution in [2.24, 2.45) is 0 Å². The third-order valence-electron chi connectivity index (χ3n) is 3.20. The second-order valence-electron chi connectivity index (χ2n) is 4.96. The van der Waals surface area contributed by atoms with Crippen LogP contribution in [0.25, 0.3) is 0 Å². The molecule has 0 aliphatic heterocycles. The number of carbonyl (C=O) groups excluding carboxylic acids is 1. The highest BCUT2D eigenvalue weighted by molar-refractivity contribution is 6.33. The topological polar surface area (TPSA) is 90.9 Å². The van der Waals surface area contributed by atoms with Crippen LogP contribution in [0.5, 0.6) is 0 Å². The van der Waals surface area contributed by atoms with Gasteiger partial charge in [-0.25, -0.2) is 0 Å². The van der Waals surface area contributed by atoms with Crippen molar-refractivity contribution in [1.29, 1.82) is 5.26 Å². The molecule has 5 nitrogen and oxygen atoms in total. The van der Waals surface area contributed by atoms with Crippen molar-refractivity contribution in [1.82, 2.24) is 0 Å². The van der Waals surface area contributed by atoms with Gasteiger partial charge in [0.05, 0.1) is 10.7 Å². The number of aryl methyl sites for hydroxylation is 1. The Kier molecular flexibility index (Phi) is 5.69. The number of hydrogen-bond donors (Lipinski definition) is 3. The smallest absolute Gasteiger partial charge is 0.267 e.